The van der Waals surface area contributed by atoms with Crippen LogP contribution in [0.5, 0.6) is 0 Å². The standard InChI is InChI=1S/C25H33ClN6O3S.C2H6/c1-16(2)30-36(34,35)19-5-6-20(22(26)14-19)21-13-18-15-28-25(29-23(18)32(4)24(21)33)27-10-7-17-8-11-31(3)12-9-17;1-2/h5-6,13-17,30H,7-12H2,1-4H3,(H,27,28,29);1-2H3. The molecule has 0 aliphatic carbocycles. The van der Waals surface area contributed by atoms with Gasteiger partial charge in [-0.15, -0.1) is 0 Å². The molecular formula is C27H39ClN6O3S. The third-order valence-corrected chi connectivity index (χ3v) is 8.52. The molecule has 3 aromatic rings. The summed E-state index contributed by atoms with van der Waals surface area (Å²) in [7, 11) is 0.111. The third kappa shape index (κ3) is 7.11. The molecule has 1 aromatic carbocycles. The SMILES string of the molecule is CC.CC(C)NS(=O)(=O)c1ccc(-c2cc3cnc(NCCC4CCN(C)CC4)nc3n(C)c2=O)c(Cl)c1. The summed E-state index contributed by atoms with van der Waals surface area (Å²) in [5.41, 5.74) is 1.03. The van der Waals surface area contributed by atoms with Crippen molar-refractivity contribution < 1.29 is 8.42 Å². The van der Waals surface area contributed by atoms with Crippen LogP contribution < -0.4 is 15.6 Å². The smallest absolute Gasteiger partial charge is 0.259 e. The molecular weight excluding hydrogens is 524 g/mol. The Morgan fingerprint density at radius 1 is 1.11 bits per heavy atom. The molecule has 0 unspecified atom stereocenters. The number of benzene rings is 1. The van der Waals surface area contributed by atoms with Crippen molar-refractivity contribution in [3.8, 4) is 11.1 Å². The molecule has 0 saturated carbocycles. The van der Waals surface area contributed by atoms with Crippen molar-refractivity contribution in [2.45, 2.75) is 57.9 Å². The number of nitrogens with one attached hydrogen (secondary N) is 2. The van der Waals surface area contributed by atoms with Crippen LogP contribution in [0.1, 0.15) is 47.0 Å². The van der Waals surface area contributed by atoms with E-state index >= 15 is 0 Å². The first kappa shape index (κ1) is 30.0. The van der Waals surface area contributed by atoms with Crippen molar-refractivity contribution in [1.29, 1.82) is 0 Å². The lowest BCUT2D eigenvalue weighted by atomic mass is 9.94. The van der Waals surface area contributed by atoms with Gasteiger partial charge in [-0.2, -0.15) is 4.98 Å². The Morgan fingerprint density at radius 2 is 1.79 bits per heavy atom. The predicted molar refractivity (Wildman–Crippen MR) is 155 cm³/mol. The Morgan fingerprint density at radius 3 is 2.42 bits per heavy atom. The summed E-state index contributed by atoms with van der Waals surface area (Å²) >= 11 is 6.45. The number of rotatable bonds is 8. The highest BCUT2D eigenvalue weighted by atomic mass is 35.5. The lowest BCUT2D eigenvalue weighted by molar-refractivity contribution is 0.215. The van der Waals surface area contributed by atoms with Gasteiger partial charge in [0, 0.05) is 47.4 Å². The molecule has 0 spiro atoms. The lowest BCUT2D eigenvalue weighted by Gasteiger charge is -2.28. The van der Waals surface area contributed by atoms with E-state index in [1.807, 2.05) is 13.8 Å². The summed E-state index contributed by atoms with van der Waals surface area (Å²) in [4.78, 5) is 24.6. The van der Waals surface area contributed by atoms with Crippen LogP contribution in [0, 0.1) is 5.92 Å². The van der Waals surface area contributed by atoms with Crippen LogP contribution in [0.4, 0.5) is 5.95 Å². The summed E-state index contributed by atoms with van der Waals surface area (Å²) in [5, 5.41) is 4.15. The molecule has 4 rings (SSSR count). The van der Waals surface area contributed by atoms with E-state index in [4.69, 9.17) is 11.6 Å². The van der Waals surface area contributed by atoms with E-state index in [0.29, 0.717) is 34.0 Å². The first-order valence-electron chi connectivity index (χ1n) is 13.2. The average Bonchev–Trinajstić information content (AvgIpc) is 2.88. The third-order valence-electron chi connectivity index (χ3n) is 6.55. The van der Waals surface area contributed by atoms with Crippen molar-refractivity contribution in [2.75, 3.05) is 32.0 Å². The van der Waals surface area contributed by atoms with E-state index in [1.54, 1.807) is 39.2 Å². The number of pyridine rings is 1. The fourth-order valence-corrected chi connectivity index (χ4v) is 6.15. The number of piperidine rings is 1. The van der Waals surface area contributed by atoms with E-state index in [2.05, 4.69) is 32.0 Å². The minimum Gasteiger partial charge on any atom is -0.354 e. The van der Waals surface area contributed by atoms with Crippen LogP contribution in [-0.2, 0) is 17.1 Å². The van der Waals surface area contributed by atoms with E-state index in [-0.39, 0.29) is 21.5 Å². The number of nitrogens with zero attached hydrogens (tertiary/aromatic N) is 4. The molecule has 9 nitrogen and oxygen atoms in total. The van der Waals surface area contributed by atoms with Gasteiger partial charge in [0.05, 0.1) is 4.90 Å². The van der Waals surface area contributed by atoms with E-state index in [1.165, 1.54) is 29.5 Å². The van der Waals surface area contributed by atoms with Crippen molar-refractivity contribution in [1.82, 2.24) is 24.2 Å². The van der Waals surface area contributed by atoms with Crippen molar-refractivity contribution >= 4 is 38.6 Å². The molecule has 0 bridgehead atoms. The van der Waals surface area contributed by atoms with Crippen molar-refractivity contribution in [3.63, 3.8) is 0 Å². The Hall–Kier alpha value is -2.53. The van der Waals surface area contributed by atoms with Crippen LogP contribution >= 0.6 is 11.6 Å². The van der Waals surface area contributed by atoms with Gasteiger partial charge in [-0.1, -0.05) is 31.5 Å². The molecule has 2 N–H and O–H groups in total. The second kappa shape index (κ2) is 13.0. The number of fused-ring (bicyclic) bond motifs is 1. The largest absolute Gasteiger partial charge is 0.354 e. The van der Waals surface area contributed by atoms with Crippen LogP contribution in [0.2, 0.25) is 5.02 Å². The second-order valence-corrected chi connectivity index (χ2v) is 11.9. The fourth-order valence-electron chi connectivity index (χ4n) is 4.52. The van der Waals surface area contributed by atoms with Crippen LogP contribution in [0.25, 0.3) is 22.2 Å². The minimum atomic E-state index is -3.70. The molecule has 0 amide bonds. The highest BCUT2D eigenvalue weighted by Crippen LogP contribution is 2.30. The highest BCUT2D eigenvalue weighted by Gasteiger charge is 2.20. The molecule has 1 aliphatic heterocycles. The number of hydrogen-bond acceptors (Lipinski definition) is 7. The number of hydrogen-bond donors (Lipinski definition) is 2. The van der Waals surface area contributed by atoms with E-state index < -0.39 is 10.0 Å². The summed E-state index contributed by atoms with van der Waals surface area (Å²) < 4.78 is 29.0. The first-order chi connectivity index (χ1) is 18.0. The quantitative estimate of drug-likeness (QED) is 0.416. The number of likely N-dealkylation sites (tertiary alicyclic amines) is 1. The Labute approximate surface area is 230 Å². The van der Waals surface area contributed by atoms with Crippen LogP contribution in [0.3, 0.4) is 0 Å². The molecule has 1 fully saturated rings. The molecule has 11 heteroatoms. The first-order valence-corrected chi connectivity index (χ1v) is 15.0. The normalized spacial score (nSPS) is 14.9. The summed E-state index contributed by atoms with van der Waals surface area (Å²) in [6.45, 7) is 10.5. The lowest BCUT2D eigenvalue weighted by Crippen LogP contribution is -2.31. The molecule has 2 aromatic heterocycles. The Balaban J connectivity index is 0.00000195. The number of halogens is 1. The fraction of sp³-hybridized carbons (Fsp3) is 0.519. The maximum Gasteiger partial charge on any atom is 0.259 e. The monoisotopic (exact) mass is 562 g/mol. The van der Waals surface area contributed by atoms with Gasteiger partial charge in [0.25, 0.3) is 5.56 Å². The van der Waals surface area contributed by atoms with Gasteiger partial charge < -0.3 is 10.2 Å². The Bertz CT molecular complexity index is 1420. The van der Waals surface area contributed by atoms with Gasteiger partial charge in [0.15, 0.2) is 0 Å². The second-order valence-electron chi connectivity index (χ2n) is 9.77. The van der Waals surface area contributed by atoms with Gasteiger partial charge in [0.1, 0.15) is 5.65 Å². The van der Waals surface area contributed by atoms with E-state index in [0.717, 1.165) is 26.1 Å². The summed E-state index contributed by atoms with van der Waals surface area (Å²) in [6.07, 6.45) is 5.15. The maximum atomic E-state index is 13.2. The highest BCUT2D eigenvalue weighted by molar-refractivity contribution is 7.89. The zero-order valence-corrected chi connectivity index (χ0v) is 24.7. The van der Waals surface area contributed by atoms with Gasteiger partial charge in [-0.3, -0.25) is 9.36 Å². The van der Waals surface area contributed by atoms with Gasteiger partial charge in [0.2, 0.25) is 16.0 Å². The molecule has 0 atom stereocenters. The Kier molecular flexibility index (Phi) is 10.3. The summed E-state index contributed by atoms with van der Waals surface area (Å²) in [5.74, 6) is 1.19. The maximum absolute atomic E-state index is 13.2. The molecule has 1 saturated heterocycles. The van der Waals surface area contributed by atoms with Gasteiger partial charge in [-0.05, 0) is 77.4 Å². The number of aromatic nitrogens is 3. The number of sulfonamides is 1. The van der Waals surface area contributed by atoms with Crippen LogP contribution in [0.15, 0.2) is 40.2 Å². The summed E-state index contributed by atoms with van der Waals surface area (Å²) in [6, 6.07) is 5.80. The average molecular weight is 563 g/mol. The van der Waals surface area contributed by atoms with Crippen molar-refractivity contribution in [2.24, 2.45) is 13.0 Å². The van der Waals surface area contributed by atoms with Gasteiger partial charge >= 0.3 is 0 Å². The molecule has 38 heavy (non-hydrogen) atoms. The molecule has 3 heterocycles. The zero-order valence-electron chi connectivity index (χ0n) is 23.1. The number of aryl methyl sites for hydroxylation is 1. The molecule has 208 valence electrons. The van der Waals surface area contributed by atoms with Crippen molar-refractivity contribution in [3.05, 3.63) is 45.8 Å². The molecule has 1 aliphatic rings. The number of anilines is 1. The van der Waals surface area contributed by atoms with E-state index in [9.17, 15) is 13.2 Å². The molecule has 0 radical (unpaired) electrons. The minimum absolute atomic E-state index is 0.0434. The topological polar surface area (TPSA) is 109 Å². The van der Waals surface area contributed by atoms with Crippen LogP contribution in [-0.4, -0.2) is 60.6 Å². The zero-order chi connectivity index (χ0) is 28.0. The predicted octanol–water partition coefficient (Wildman–Crippen LogP) is 4.51. The van der Waals surface area contributed by atoms with Gasteiger partial charge in [-0.25, -0.2) is 18.1 Å².